The molecule has 0 spiro atoms. The first kappa shape index (κ1) is 18.5. The highest BCUT2D eigenvalue weighted by Gasteiger charge is 2.31. The van der Waals surface area contributed by atoms with Gasteiger partial charge in [-0.3, -0.25) is 14.8 Å². The predicted molar refractivity (Wildman–Crippen MR) is 81.8 cm³/mol. The molecule has 2 rings (SSSR count). The molecule has 0 unspecified atom stereocenters. The van der Waals surface area contributed by atoms with Crippen molar-refractivity contribution in [3.05, 3.63) is 58.1 Å². The minimum absolute atomic E-state index is 0.190. The van der Waals surface area contributed by atoms with Gasteiger partial charge in [-0.15, -0.1) is 13.2 Å². The molecule has 1 N–H and O–H groups in total. The van der Waals surface area contributed by atoms with Crippen LogP contribution in [0.4, 0.5) is 24.5 Å². The number of hydrogen-bond donors (Lipinski definition) is 1. The zero-order valence-electron chi connectivity index (χ0n) is 12.6. The highest BCUT2D eigenvalue weighted by molar-refractivity contribution is 7.92. The quantitative estimate of drug-likeness (QED) is 0.635. The normalized spacial score (nSPS) is 11.8. The second-order valence-corrected chi connectivity index (χ2v) is 6.57. The molecule has 2 aromatic carbocycles. The summed E-state index contributed by atoms with van der Waals surface area (Å²) in [5.41, 5.74) is -0.313. The monoisotopic (exact) mass is 376 g/mol. The summed E-state index contributed by atoms with van der Waals surface area (Å²) in [6.45, 7) is 1.44. The van der Waals surface area contributed by atoms with E-state index in [1.807, 2.05) is 4.72 Å². The third kappa shape index (κ3) is 4.83. The van der Waals surface area contributed by atoms with Gasteiger partial charge in [-0.2, -0.15) is 0 Å². The van der Waals surface area contributed by atoms with Crippen molar-refractivity contribution in [1.29, 1.82) is 0 Å². The van der Waals surface area contributed by atoms with Crippen LogP contribution >= 0.6 is 0 Å². The number of nitro groups is 1. The second-order valence-electron chi connectivity index (χ2n) is 4.89. The number of nitrogens with one attached hydrogen (secondary N) is 1. The van der Waals surface area contributed by atoms with E-state index in [2.05, 4.69) is 4.74 Å². The number of benzene rings is 2. The summed E-state index contributed by atoms with van der Waals surface area (Å²) in [6.07, 6.45) is -4.92. The highest BCUT2D eigenvalue weighted by atomic mass is 32.2. The van der Waals surface area contributed by atoms with E-state index in [-0.39, 0.29) is 11.3 Å². The molecule has 0 amide bonds. The first-order chi connectivity index (χ1) is 11.5. The van der Waals surface area contributed by atoms with Gasteiger partial charge in [-0.1, -0.05) is 12.1 Å². The number of hydrogen-bond acceptors (Lipinski definition) is 5. The van der Waals surface area contributed by atoms with E-state index in [1.54, 1.807) is 0 Å². The first-order valence-corrected chi connectivity index (χ1v) is 8.10. The van der Waals surface area contributed by atoms with Crippen LogP contribution in [-0.2, 0) is 10.0 Å². The molecule has 0 bridgehead atoms. The molecule has 0 aliphatic rings. The number of nitrogens with zero attached hydrogens (tertiary/aromatic N) is 1. The van der Waals surface area contributed by atoms with Gasteiger partial charge in [-0.25, -0.2) is 8.42 Å². The third-order valence-electron chi connectivity index (χ3n) is 3.01. The lowest BCUT2D eigenvalue weighted by molar-refractivity contribution is -0.385. The van der Waals surface area contributed by atoms with Crippen molar-refractivity contribution in [2.24, 2.45) is 0 Å². The number of alkyl halides is 3. The van der Waals surface area contributed by atoms with Gasteiger partial charge in [0.25, 0.3) is 15.7 Å². The zero-order chi connectivity index (χ0) is 18.8. The number of sulfonamides is 1. The molecule has 25 heavy (non-hydrogen) atoms. The summed E-state index contributed by atoms with van der Waals surface area (Å²) in [5, 5.41) is 10.9. The summed E-state index contributed by atoms with van der Waals surface area (Å²) in [6, 6.07) is 7.50. The maximum absolute atomic E-state index is 12.3. The van der Waals surface area contributed by atoms with E-state index in [0.717, 1.165) is 30.3 Å². The van der Waals surface area contributed by atoms with Crippen molar-refractivity contribution >= 4 is 21.4 Å². The van der Waals surface area contributed by atoms with Crippen LogP contribution in [0.15, 0.2) is 47.4 Å². The highest BCUT2D eigenvalue weighted by Crippen LogP contribution is 2.27. The van der Waals surface area contributed by atoms with Crippen molar-refractivity contribution < 1.29 is 31.2 Å². The Morgan fingerprint density at radius 3 is 2.44 bits per heavy atom. The molecule has 134 valence electrons. The largest absolute Gasteiger partial charge is 0.573 e. The van der Waals surface area contributed by atoms with Gasteiger partial charge < -0.3 is 4.74 Å². The Morgan fingerprint density at radius 2 is 1.84 bits per heavy atom. The Morgan fingerprint density at radius 1 is 1.16 bits per heavy atom. The summed E-state index contributed by atoms with van der Waals surface area (Å²) < 4.78 is 67.0. The molecule has 0 aliphatic carbocycles. The van der Waals surface area contributed by atoms with Gasteiger partial charge in [0.15, 0.2) is 0 Å². The van der Waals surface area contributed by atoms with Crippen molar-refractivity contribution in [2.45, 2.75) is 18.2 Å². The zero-order valence-corrected chi connectivity index (χ0v) is 13.4. The van der Waals surface area contributed by atoms with E-state index in [9.17, 15) is 31.7 Å². The van der Waals surface area contributed by atoms with Crippen LogP contribution in [0.3, 0.4) is 0 Å². The van der Waals surface area contributed by atoms with Crippen LogP contribution in [0.5, 0.6) is 5.75 Å². The molecule has 0 saturated heterocycles. The Kier molecular flexibility index (Phi) is 4.88. The standard InChI is InChI=1S/C14H11F3N2O5S/c1-9-5-6-12(8-13(9)19(20)21)25(22,23)18-10-3-2-4-11(7-10)24-14(15,16)17/h2-8,18H,1H3. The van der Waals surface area contributed by atoms with Gasteiger partial charge in [0.05, 0.1) is 15.5 Å². The van der Waals surface area contributed by atoms with Crippen LogP contribution in [0.25, 0.3) is 0 Å². The number of nitro benzene ring substituents is 1. The molecule has 11 heteroatoms. The smallest absolute Gasteiger partial charge is 0.406 e. The molecule has 7 nitrogen and oxygen atoms in total. The number of anilines is 1. The van der Waals surface area contributed by atoms with Gasteiger partial charge in [0.1, 0.15) is 5.75 Å². The predicted octanol–water partition coefficient (Wildman–Crippen LogP) is 3.60. The molecule has 0 aliphatic heterocycles. The van der Waals surface area contributed by atoms with Crippen LogP contribution < -0.4 is 9.46 Å². The van der Waals surface area contributed by atoms with Crippen LogP contribution in [0.2, 0.25) is 0 Å². The molecule has 0 aromatic heterocycles. The molecule has 0 atom stereocenters. The van der Waals surface area contributed by atoms with E-state index in [0.29, 0.717) is 0 Å². The fraction of sp³-hybridized carbons (Fsp3) is 0.143. The van der Waals surface area contributed by atoms with Gasteiger partial charge in [0, 0.05) is 17.7 Å². The van der Waals surface area contributed by atoms with Crippen LogP contribution in [0, 0.1) is 17.0 Å². The Balaban J connectivity index is 2.32. The van der Waals surface area contributed by atoms with Crippen molar-refractivity contribution in [2.75, 3.05) is 4.72 Å². The average molecular weight is 376 g/mol. The van der Waals surface area contributed by atoms with Crippen LogP contribution in [0.1, 0.15) is 5.56 Å². The van der Waals surface area contributed by atoms with E-state index < -0.39 is 37.6 Å². The molecule has 0 saturated carbocycles. The number of aryl methyl sites for hydroxylation is 1. The third-order valence-corrected chi connectivity index (χ3v) is 4.39. The summed E-state index contributed by atoms with van der Waals surface area (Å²) in [4.78, 5) is 9.78. The maximum atomic E-state index is 12.3. The second kappa shape index (κ2) is 6.59. The molecule has 0 radical (unpaired) electrons. The van der Waals surface area contributed by atoms with Crippen molar-refractivity contribution in [3.63, 3.8) is 0 Å². The lowest BCUT2D eigenvalue weighted by atomic mass is 10.2. The van der Waals surface area contributed by atoms with E-state index >= 15 is 0 Å². The first-order valence-electron chi connectivity index (χ1n) is 6.61. The van der Waals surface area contributed by atoms with E-state index in [4.69, 9.17) is 0 Å². The minimum Gasteiger partial charge on any atom is -0.406 e. The molecular formula is C14H11F3N2O5S. The fourth-order valence-electron chi connectivity index (χ4n) is 1.92. The van der Waals surface area contributed by atoms with Crippen molar-refractivity contribution in [3.8, 4) is 5.75 Å². The summed E-state index contributed by atoms with van der Waals surface area (Å²) in [5.74, 6) is -0.609. The number of ether oxygens (including phenoxy) is 1. The lowest BCUT2D eigenvalue weighted by Gasteiger charge is -2.12. The fourth-order valence-corrected chi connectivity index (χ4v) is 2.99. The average Bonchev–Trinajstić information content (AvgIpc) is 2.45. The molecule has 0 fully saturated rings. The Bertz CT molecular complexity index is 913. The molecule has 0 heterocycles. The SMILES string of the molecule is Cc1ccc(S(=O)(=O)Nc2cccc(OC(F)(F)F)c2)cc1[N+](=O)[O-]. The molecule has 2 aromatic rings. The topological polar surface area (TPSA) is 98.5 Å². The minimum atomic E-state index is -4.92. The molecular weight excluding hydrogens is 365 g/mol. The van der Waals surface area contributed by atoms with E-state index in [1.165, 1.54) is 19.1 Å². The Hall–Kier alpha value is -2.82. The summed E-state index contributed by atoms with van der Waals surface area (Å²) in [7, 11) is -4.24. The van der Waals surface area contributed by atoms with Gasteiger partial charge >= 0.3 is 6.36 Å². The summed E-state index contributed by atoms with van der Waals surface area (Å²) >= 11 is 0. The number of rotatable bonds is 5. The maximum Gasteiger partial charge on any atom is 0.573 e. The van der Waals surface area contributed by atoms with Crippen LogP contribution in [-0.4, -0.2) is 19.7 Å². The van der Waals surface area contributed by atoms with Crippen molar-refractivity contribution in [1.82, 2.24) is 0 Å². The number of halogens is 3. The van der Waals surface area contributed by atoms with Gasteiger partial charge in [0.2, 0.25) is 0 Å². The Labute approximate surface area is 140 Å². The lowest BCUT2D eigenvalue weighted by Crippen LogP contribution is -2.17. The van der Waals surface area contributed by atoms with Gasteiger partial charge in [-0.05, 0) is 25.1 Å².